The van der Waals surface area contributed by atoms with Gasteiger partial charge in [0.2, 0.25) is 15.9 Å². The molecule has 0 spiro atoms. The molecule has 0 unspecified atom stereocenters. The van der Waals surface area contributed by atoms with Crippen molar-refractivity contribution >= 4 is 53.5 Å². The molecule has 0 fully saturated rings. The van der Waals surface area contributed by atoms with Gasteiger partial charge in [0, 0.05) is 16.0 Å². The van der Waals surface area contributed by atoms with Crippen molar-refractivity contribution in [1.29, 1.82) is 0 Å². The van der Waals surface area contributed by atoms with Crippen LogP contribution >= 0.6 is 31.9 Å². The molecule has 1 amide bonds. The van der Waals surface area contributed by atoms with E-state index in [2.05, 4.69) is 37.2 Å². The number of nitrogens with one attached hydrogen (secondary N) is 1. The zero-order chi connectivity index (χ0) is 18.8. The smallest absolute Gasteiger partial charge is 0.243 e. The second-order valence-electron chi connectivity index (χ2n) is 5.68. The largest absolute Gasteiger partial charge is 0.324 e. The molecule has 0 saturated heterocycles. The first-order valence-corrected chi connectivity index (χ1v) is 10.4. The number of amides is 1. The van der Waals surface area contributed by atoms with Crippen LogP contribution in [0.3, 0.4) is 0 Å². The lowest BCUT2D eigenvalue weighted by Gasteiger charge is -2.18. The molecule has 134 valence electrons. The number of carbonyl (C=O) groups is 1. The van der Waals surface area contributed by atoms with E-state index in [1.54, 1.807) is 36.4 Å². The third kappa shape index (κ3) is 4.91. The average Bonchev–Trinajstić information content (AvgIpc) is 2.52. The van der Waals surface area contributed by atoms with Crippen molar-refractivity contribution in [3.8, 4) is 0 Å². The number of hydrogen-bond donors (Lipinski definition) is 1. The quantitative estimate of drug-likeness (QED) is 0.687. The first kappa shape index (κ1) is 20.1. The van der Waals surface area contributed by atoms with Crippen molar-refractivity contribution in [2.75, 3.05) is 18.9 Å². The molecule has 2 rings (SSSR count). The second-order valence-corrected chi connectivity index (χ2v) is 9.49. The van der Waals surface area contributed by atoms with Gasteiger partial charge >= 0.3 is 0 Å². The summed E-state index contributed by atoms with van der Waals surface area (Å²) >= 11 is 6.69. The van der Waals surface area contributed by atoms with Gasteiger partial charge in [-0.2, -0.15) is 4.31 Å². The maximum Gasteiger partial charge on any atom is 0.243 e. The average molecular weight is 490 g/mol. The van der Waals surface area contributed by atoms with E-state index in [1.807, 2.05) is 13.8 Å². The topological polar surface area (TPSA) is 66.5 Å². The first-order valence-electron chi connectivity index (χ1n) is 7.40. The molecule has 0 aliphatic heterocycles. The van der Waals surface area contributed by atoms with Crippen molar-refractivity contribution in [1.82, 2.24) is 4.31 Å². The maximum absolute atomic E-state index is 12.6. The van der Waals surface area contributed by atoms with E-state index >= 15 is 0 Å². The number of hydrogen-bond acceptors (Lipinski definition) is 3. The highest BCUT2D eigenvalue weighted by atomic mass is 79.9. The molecule has 0 bridgehead atoms. The van der Waals surface area contributed by atoms with Crippen molar-refractivity contribution in [2.24, 2.45) is 0 Å². The molecule has 1 N–H and O–H groups in total. The summed E-state index contributed by atoms with van der Waals surface area (Å²) in [7, 11) is -2.34. The summed E-state index contributed by atoms with van der Waals surface area (Å²) in [6.45, 7) is 3.49. The molecule has 25 heavy (non-hydrogen) atoms. The Balaban J connectivity index is 2.13. The number of benzene rings is 2. The van der Waals surface area contributed by atoms with E-state index in [0.29, 0.717) is 10.2 Å². The number of likely N-dealkylation sites (N-methyl/N-ethyl adjacent to an activating group) is 1. The lowest BCUT2D eigenvalue weighted by atomic mass is 10.1. The summed E-state index contributed by atoms with van der Waals surface area (Å²) in [6.07, 6.45) is 0. The molecule has 2 aromatic rings. The zero-order valence-corrected chi connectivity index (χ0v) is 18.0. The summed E-state index contributed by atoms with van der Waals surface area (Å²) in [5.74, 6) is -0.419. The van der Waals surface area contributed by atoms with Gasteiger partial charge in [0.1, 0.15) is 0 Å². The van der Waals surface area contributed by atoms with E-state index in [9.17, 15) is 13.2 Å². The number of rotatable bonds is 5. The fourth-order valence-electron chi connectivity index (χ4n) is 2.12. The highest BCUT2D eigenvalue weighted by Gasteiger charge is 2.23. The number of nitrogens with zero attached hydrogens (tertiary/aromatic N) is 1. The van der Waals surface area contributed by atoms with Gasteiger partial charge in [-0.1, -0.05) is 22.0 Å². The fraction of sp³-hybridized carbons (Fsp3) is 0.235. The predicted octanol–water partition coefficient (Wildman–Crippen LogP) is 4.09. The molecule has 0 saturated carbocycles. The Hall–Kier alpha value is -1.22. The molecule has 0 aliphatic carbocycles. The number of carbonyl (C=O) groups excluding carboxylic acids is 1. The van der Waals surface area contributed by atoms with Gasteiger partial charge in [-0.25, -0.2) is 8.42 Å². The van der Waals surface area contributed by atoms with E-state index in [-0.39, 0.29) is 11.4 Å². The number of sulfonamides is 1. The highest BCUT2D eigenvalue weighted by Crippen LogP contribution is 2.26. The summed E-state index contributed by atoms with van der Waals surface area (Å²) < 4.78 is 27.9. The summed E-state index contributed by atoms with van der Waals surface area (Å²) in [6, 6.07) is 10.2. The highest BCUT2D eigenvalue weighted by molar-refractivity contribution is 9.11. The molecule has 0 atom stereocenters. The van der Waals surface area contributed by atoms with Crippen LogP contribution in [0, 0.1) is 13.8 Å². The molecule has 2 aromatic carbocycles. The number of halogens is 2. The van der Waals surface area contributed by atoms with Crippen LogP contribution in [-0.2, 0) is 14.8 Å². The van der Waals surface area contributed by atoms with Crippen LogP contribution in [0.1, 0.15) is 11.1 Å². The second kappa shape index (κ2) is 7.99. The van der Waals surface area contributed by atoms with Crippen LogP contribution in [-0.4, -0.2) is 32.2 Å². The van der Waals surface area contributed by atoms with Gasteiger partial charge in [-0.3, -0.25) is 4.79 Å². The monoisotopic (exact) mass is 488 g/mol. The van der Waals surface area contributed by atoms with Crippen LogP contribution in [0.4, 0.5) is 5.69 Å². The van der Waals surface area contributed by atoms with E-state index < -0.39 is 15.9 Å². The Morgan fingerprint density at radius 2 is 1.76 bits per heavy atom. The summed E-state index contributed by atoms with van der Waals surface area (Å²) in [4.78, 5) is 12.4. The molecule has 0 radical (unpaired) electrons. The zero-order valence-electron chi connectivity index (χ0n) is 14.0. The van der Waals surface area contributed by atoms with Crippen LogP contribution in [0.5, 0.6) is 0 Å². The Morgan fingerprint density at radius 1 is 1.08 bits per heavy atom. The fourth-order valence-corrected chi connectivity index (χ4v) is 4.48. The third-order valence-corrected chi connectivity index (χ3v) is 6.71. The van der Waals surface area contributed by atoms with E-state index in [0.717, 1.165) is 19.9 Å². The lowest BCUT2D eigenvalue weighted by molar-refractivity contribution is -0.116. The van der Waals surface area contributed by atoms with Crippen molar-refractivity contribution in [2.45, 2.75) is 18.7 Å². The molecule has 0 heterocycles. The van der Waals surface area contributed by atoms with Crippen LogP contribution in [0.15, 0.2) is 50.2 Å². The standard InChI is InChI=1S/C17H18Br2N2O3S/c1-11-4-6-14(8-12(11)2)25(23,24)21(3)10-17(22)20-16-7-5-13(18)9-15(16)19/h4-9H,10H2,1-3H3,(H,20,22). The minimum Gasteiger partial charge on any atom is -0.324 e. The van der Waals surface area contributed by atoms with Gasteiger partial charge in [-0.15, -0.1) is 0 Å². The van der Waals surface area contributed by atoms with Crippen LogP contribution < -0.4 is 5.32 Å². The molecular formula is C17H18Br2N2O3S. The SMILES string of the molecule is Cc1ccc(S(=O)(=O)N(C)CC(=O)Nc2ccc(Br)cc2Br)cc1C. The Kier molecular flexibility index (Phi) is 6.42. The van der Waals surface area contributed by atoms with E-state index in [4.69, 9.17) is 0 Å². The first-order chi connectivity index (χ1) is 11.6. The minimum absolute atomic E-state index is 0.177. The van der Waals surface area contributed by atoms with Gasteiger partial charge in [0.25, 0.3) is 0 Å². The molecular weight excluding hydrogens is 472 g/mol. The maximum atomic E-state index is 12.6. The van der Waals surface area contributed by atoms with Crippen LogP contribution in [0.2, 0.25) is 0 Å². The molecule has 0 aromatic heterocycles. The summed E-state index contributed by atoms with van der Waals surface area (Å²) in [5, 5.41) is 2.70. The van der Waals surface area contributed by atoms with E-state index in [1.165, 1.54) is 7.05 Å². The Morgan fingerprint density at radius 3 is 2.36 bits per heavy atom. The minimum atomic E-state index is -3.73. The third-order valence-electron chi connectivity index (χ3n) is 3.76. The van der Waals surface area contributed by atoms with Crippen molar-refractivity contribution in [3.05, 3.63) is 56.5 Å². The van der Waals surface area contributed by atoms with Crippen molar-refractivity contribution < 1.29 is 13.2 Å². The number of aryl methyl sites for hydroxylation is 2. The Bertz CT molecular complexity index is 914. The van der Waals surface area contributed by atoms with Crippen molar-refractivity contribution in [3.63, 3.8) is 0 Å². The lowest BCUT2D eigenvalue weighted by Crippen LogP contribution is -2.35. The molecule has 5 nitrogen and oxygen atoms in total. The summed E-state index contributed by atoms with van der Waals surface area (Å²) in [5.41, 5.74) is 2.47. The Labute approximate surface area is 164 Å². The molecule has 8 heteroatoms. The predicted molar refractivity (Wildman–Crippen MR) is 106 cm³/mol. The normalized spacial score (nSPS) is 11.6. The van der Waals surface area contributed by atoms with Gasteiger partial charge < -0.3 is 5.32 Å². The number of anilines is 1. The van der Waals surface area contributed by atoms with Gasteiger partial charge in [0.15, 0.2) is 0 Å². The molecule has 0 aliphatic rings. The van der Waals surface area contributed by atoms with Crippen LogP contribution in [0.25, 0.3) is 0 Å². The van der Waals surface area contributed by atoms with Gasteiger partial charge in [0.05, 0.1) is 17.1 Å². The van der Waals surface area contributed by atoms with Gasteiger partial charge in [-0.05, 0) is 71.2 Å².